The van der Waals surface area contributed by atoms with Crippen molar-refractivity contribution in [3.05, 3.63) is 41.7 Å². The molecule has 0 bridgehead atoms. The van der Waals surface area contributed by atoms with E-state index < -0.39 is 0 Å². The number of aromatic nitrogens is 3. The van der Waals surface area contributed by atoms with Crippen molar-refractivity contribution < 1.29 is 0 Å². The topological polar surface area (TPSA) is 56.7 Å². The fourth-order valence-corrected chi connectivity index (χ4v) is 2.42. The van der Waals surface area contributed by atoms with E-state index in [0.29, 0.717) is 10.7 Å². The van der Waals surface area contributed by atoms with Gasteiger partial charge in [0.25, 0.3) is 0 Å². The van der Waals surface area contributed by atoms with Gasteiger partial charge in [0.15, 0.2) is 0 Å². The van der Waals surface area contributed by atoms with E-state index in [0.717, 1.165) is 29.0 Å². The molecule has 0 amide bonds. The number of rotatable bonds is 2. The van der Waals surface area contributed by atoms with Gasteiger partial charge in [0.05, 0.1) is 16.7 Å². The molecule has 3 rings (SSSR count). The molecule has 2 heterocycles. The Labute approximate surface area is 115 Å². The largest absolute Gasteiger partial charge is 0.399 e. The van der Waals surface area contributed by atoms with E-state index in [4.69, 9.17) is 17.3 Å². The Hall–Kier alpha value is -2.07. The second-order valence-corrected chi connectivity index (χ2v) is 4.69. The minimum absolute atomic E-state index is 0.646. The molecule has 4 nitrogen and oxygen atoms in total. The van der Waals surface area contributed by atoms with Crippen molar-refractivity contribution in [2.45, 2.75) is 13.5 Å². The van der Waals surface area contributed by atoms with Crippen LogP contribution in [-0.4, -0.2) is 14.5 Å². The van der Waals surface area contributed by atoms with E-state index in [2.05, 4.69) is 21.5 Å². The van der Waals surface area contributed by atoms with Crippen LogP contribution < -0.4 is 5.73 Å². The number of nitrogens with two attached hydrogens (primary N) is 1. The van der Waals surface area contributed by atoms with Crippen molar-refractivity contribution in [1.29, 1.82) is 0 Å². The molecule has 5 heteroatoms. The number of anilines is 1. The van der Waals surface area contributed by atoms with Crippen molar-refractivity contribution in [3.63, 3.8) is 0 Å². The summed E-state index contributed by atoms with van der Waals surface area (Å²) in [6.07, 6.45) is 3.52. The van der Waals surface area contributed by atoms with Gasteiger partial charge in [0.1, 0.15) is 11.3 Å². The van der Waals surface area contributed by atoms with Crippen molar-refractivity contribution in [1.82, 2.24) is 14.5 Å². The van der Waals surface area contributed by atoms with Crippen molar-refractivity contribution in [3.8, 4) is 11.4 Å². The van der Waals surface area contributed by atoms with E-state index in [9.17, 15) is 0 Å². The molecule has 0 saturated carbocycles. The molecule has 0 saturated heterocycles. The van der Waals surface area contributed by atoms with Gasteiger partial charge in [-0.2, -0.15) is 0 Å². The van der Waals surface area contributed by atoms with E-state index >= 15 is 0 Å². The molecule has 19 heavy (non-hydrogen) atoms. The molecule has 0 radical (unpaired) electrons. The molecule has 3 aromatic rings. The van der Waals surface area contributed by atoms with Crippen LogP contribution in [0.3, 0.4) is 0 Å². The first-order chi connectivity index (χ1) is 9.20. The smallest absolute Gasteiger partial charge is 0.142 e. The van der Waals surface area contributed by atoms with Gasteiger partial charge in [-0.15, -0.1) is 0 Å². The summed E-state index contributed by atoms with van der Waals surface area (Å²) in [5.41, 5.74) is 9.27. The molecule has 0 fully saturated rings. The van der Waals surface area contributed by atoms with E-state index in [1.54, 1.807) is 24.5 Å². The second-order valence-electron chi connectivity index (χ2n) is 4.28. The molecule has 0 atom stereocenters. The third-order valence-electron chi connectivity index (χ3n) is 3.10. The lowest BCUT2D eigenvalue weighted by Gasteiger charge is -2.08. The molecular weight excluding hydrogens is 260 g/mol. The van der Waals surface area contributed by atoms with Gasteiger partial charge in [-0.3, -0.25) is 4.98 Å². The van der Waals surface area contributed by atoms with Crippen LogP contribution in [0.1, 0.15) is 6.92 Å². The average molecular weight is 273 g/mol. The van der Waals surface area contributed by atoms with Gasteiger partial charge in [-0.25, -0.2) is 4.98 Å². The quantitative estimate of drug-likeness (QED) is 0.728. The third-order valence-corrected chi connectivity index (χ3v) is 3.43. The van der Waals surface area contributed by atoms with Crippen LogP contribution >= 0.6 is 11.6 Å². The molecular formula is C14H13ClN4. The minimum Gasteiger partial charge on any atom is -0.399 e. The van der Waals surface area contributed by atoms with Gasteiger partial charge < -0.3 is 10.3 Å². The summed E-state index contributed by atoms with van der Waals surface area (Å²) in [4.78, 5) is 8.72. The Morgan fingerprint density at radius 3 is 2.95 bits per heavy atom. The van der Waals surface area contributed by atoms with E-state index in [1.165, 1.54) is 0 Å². The summed E-state index contributed by atoms with van der Waals surface area (Å²) < 4.78 is 2.11. The van der Waals surface area contributed by atoms with Crippen LogP contribution in [0, 0.1) is 0 Å². The molecule has 0 aliphatic rings. The van der Waals surface area contributed by atoms with Crippen molar-refractivity contribution in [2.75, 3.05) is 5.73 Å². The number of hydrogen-bond donors (Lipinski definition) is 1. The predicted molar refractivity (Wildman–Crippen MR) is 78.1 cm³/mol. The maximum atomic E-state index is 6.26. The highest BCUT2D eigenvalue weighted by molar-refractivity contribution is 6.33. The number of benzene rings is 1. The molecule has 2 N–H and O–H groups in total. The molecule has 0 aliphatic carbocycles. The van der Waals surface area contributed by atoms with Gasteiger partial charge in [0.2, 0.25) is 0 Å². The first kappa shape index (κ1) is 12.0. The number of hydrogen-bond acceptors (Lipinski definition) is 3. The third kappa shape index (κ3) is 1.94. The fourth-order valence-electron chi connectivity index (χ4n) is 2.22. The molecule has 96 valence electrons. The van der Waals surface area contributed by atoms with Crippen LogP contribution in [-0.2, 0) is 6.54 Å². The Balaban J connectivity index is 2.33. The van der Waals surface area contributed by atoms with Crippen LogP contribution in [0.25, 0.3) is 22.4 Å². The highest BCUT2D eigenvalue weighted by atomic mass is 35.5. The maximum Gasteiger partial charge on any atom is 0.142 e. The Morgan fingerprint density at radius 1 is 1.32 bits per heavy atom. The first-order valence-corrected chi connectivity index (χ1v) is 6.44. The van der Waals surface area contributed by atoms with Crippen LogP contribution in [0.4, 0.5) is 5.69 Å². The second kappa shape index (κ2) is 4.55. The Kier molecular flexibility index (Phi) is 2.87. The first-order valence-electron chi connectivity index (χ1n) is 6.06. The summed E-state index contributed by atoms with van der Waals surface area (Å²) in [6, 6.07) is 7.38. The lowest BCUT2D eigenvalue weighted by atomic mass is 10.2. The van der Waals surface area contributed by atoms with Crippen LogP contribution in [0.15, 0.2) is 36.7 Å². The molecule has 0 unspecified atom stereocenters. The standard InChI is InChI=1S/C14H13ClN4/c1-2-19-13-5-6-17-8-12(13)18-14(19)10-7-9(16)3-4-11(10)15/h3-8H,2,16H2,1H3. The van der Waals surface area contributed by atoms with Gasteiger partial charge in [-0.05, 0) is 31.2 Å². The predicted octanol–water partition coefficient (Wildman–Crippen LogP) is 3.35. The molecule has 2 aromatic heterocycles. The summed E-state index contributed by atoms with van der Waals surface area (Å²) in [7, 11) is 0. The molecule has 0 spiro atoms. The maximum absolute atomic E-state index is 6.26. The number of fused-ring (bicyclic) bond motifs is 1. The van der Waals surface area contributed by atoms with E-state index in [1.807, 2.05) is 12.1 Å². The number of nitrogen functional groups attached to an aromatic ring is 1. The normalized spacial score (nSPS) is 11.1. The number of halogens is 1. The summed E-state index contributed by atoms with van der Waals surface area (Å²) >= 11 is 6.26. The molecule has 1 aromatic carbocycles. The van der Waals surface area contributed by atoms with Crippen molar-refractivity contribution >= 4 is 28.3 Å². The fraction of sp³-hybridized carbons (Fsp3) is 0.143. The number of aryl methyl sites for hydroxylation is 1. The lowest BCUT2D eigenvalue weighted by Crippen LogP contribution is -1.98. The minimum atomic E-state index is 0.646. The van der Waals surface area contributed by atoms with Crippen LogP contribution in [0.2, 0.25) is 5.02 Å². The highest BCUT2D eigenvalue weighted by Crippen LogP contribution is 2.31. The number of pyridine rings is 1. The number of nitrogens with zero attached hydrogens (tertiary/aromatic N) is 3. The van der Waals surface area contributed by atoms with Gasteiger partial charge in [-0.1, -0.05) is 11.6 Å². The van der Waals surface area contributed by atoms with Gasteiger partial charge in [0, 0.05) is 24.0 Å². The monoisotopic (exact) mass is 272 g/mol. The number of imidazole rings is 1. The average Bonchev–Trinajstić information content (AvgIpc) is 2.79. The van der Waals surface area contributed by atoms with E-state index in [-0.39, 0.29) is 0 Å². The SMILES string of the molecule is CCn1c(-c2cc(N)ccc2Cl)nc2cnccc21. The van der Waals surface area contributed by atoms with Gasteiger partial charge >= 0.3 is 0 Å². The zero-order valence-electron chi connectivity index (χ0n) is 10.5. The van der Waals surface area contributed by atoms with Crippen LogP contribution in [0.5, 0.6) is 0 Å². The lowest BCUT2D eigenvalue weighted by molar-refractivity contribution is 0.796. The summed E-state index contributed by atoms with van der Waals surface area (Å²) in [5.74, 6) is 0.822. The molecule has 0 aliphatic heterocycles. The highest BCUT2D eigenvalue weighted by Gasteiger charge is 2.14. The summed E-state index contributed by atoms with van der Waals surface area (Å²) in [5, 5.41) is 0.646. The Bertz CT molecular complexity index is 748. The van der Waals surface area contributed by atoms with Crippen molar-refractivity contribution in [2.24, 2.45) is 0 Å². The summed E-state index contributed by atoms with van der Waals surface area (Å²) in [6.45, 7) is 2.88. The zero-order chi connectivity index (χ0) is 13.4. The Morgan fingerprint density at radius 2 is 2.16 bits per heavy atom. The zero-order valence-corrected chi connectivity index (χ0v) is 11.2.